The van der Waals surface area contributed by atoms with Crippen LogP contribution in [0.5, 0.6) is 0 Å². The van der Waals surface area contributed by atoms with Gasteiger partial charge in [0.1, 0.15) is 0 Å². The third-order valence-corrected chi connectivity index (χ3v) is 4.81. The van der Waals surface area contributed by atoms with Crippen LogP contribution in [-0.4, -0.2) is 0 Å². The monoisotopic (exact) mass is 334 g/mol. The van der Waals surface area contributed by atoms with Gasteiger partial charge in [0.15, 0.2) is 0 Å². The van der Waals surface area contributed by atoms with Gasteiger partial charge in [-0.15, -0.1) is 0 Å². The normalized spacial score (nSPS) is 16.1. The fourth-order valence-corrected chi connectivity index (χ4v) is 3.77. The van der Waals surface area contributed by atoms with E-state index in [0.717, 1.165) is 10.9 Å². The molecule has 1 heteroatoms. The molecular weight excluding hydrogens is 320 g/mol. The second kappa shape index (κ2) is 5.16. The van der Waals surface area contributed by atoms with Crippen LogP contribution in [-0.2, 0) is 6.42 Å². The molecule has 0 amide bonds. The standard InChI is InChI=1S/C20H15Br/c21-16-8-5-7-14(12-16)20-13-15-6-1-2-9-17(15)18-10-3-4-11-19(18)20/h1-12,20H,13H2. The van der Waals surface area contributed by atoms with E-state index in [4.69, 9.17) is 0 Å². The second-order valence-electron chi connectivity index (χ2n) is 5.56. The van der Waals surface area contributed by atoms with Crippen molar-refractivity contribution >= 4 is 15.9 Å². The van der Waals surface area contributed by atoms with E-state index < -0.39 is 0 Å². The molecule has 0 aromatic heterocycles. The van der Waals surface area contributed by atoms with Crippen LogP contribution in [0, 0.1) is 0 Å². The Morgan fingerprint density at radius 2 is 1.52 bits per heavy atom. The highest BCUT2D eigenvalue weighted by atomic mass is 79.9. The average molecular weight is 335 g/mol. The summed E-state index contributed by atoms with van der Waals surface area (Å²) in [5, 5.41) is 0. The Morgan fingerprint density at radius 3 is 2.38 bits per heavy atom. The Morgan fingerprint density at radius 1 is 0.762 bits per heavy atom. The van der Waals surface area contributed by atoms with Gasteiger partial charge in [0.2, 0.25) is 0 Å². The zero-order valence-electron chi connectivity index (χ0n) is 11.6. The molecule has 0 spiro atoms. The number of hydrogen-bond donors (Lipinski definition) is 0. The summed E-state index contributed by atoms with van der Waals surface area (Å²) < 4.78 is 1.15. The summed E-state index contributed by atoms with van der Waals surface area (Å²) in [6.07, 6.45) is 1.07. The smallest absolute Gasteiger partial charge is 0.0178 e. The van der Waals surface area contributed by atoms with Gasteiger partial charge >= 0.3 is 0 Å². The quantitative estimate of drug-likeness (QED) is 0.527. The van der Waals surface area contributed by atoms with Gasteiger partial charge in [-0.3, -0.25) is 0 Å². The van der Waals surface area contributed by atoms with Gasteiger partial charge in [0.05, 0.1) is 0 Å². The fourth-order valence-electron chi connectivity index (χ4n) is 3.36. The summed E-state index contributed by atoms with van der Waals surface area (Å²) in [4.78, 5) is 0. The first-order valence-corrected chi connectivity index (χ1v) is 8.05. The van der Waals surface area contributed by atoms with Crippen LogP contribution in [0.15, 0.2) is 77.3 Å². The van der Waals surface area contributed by atoms with Crippen molar-refractivity contribution in [3.05, 3.63) is 94.0 Å². The van der Waals surface area contributed by atoms with E-state index in [1.54, 1.807) is 0 Å². The largest absolute Gasteiger partial charge is 0.0620 e. The predicted octanol–water partition coefficient (Wildman–Crippen LogP) is 5.80. The minimum Gasteiger partial charge on any atom is -0.0620 e. The Balaban J connectivity index is 1.92. The Labute approximate surface area is 133 Å². The molecule has 0 saturated heterocycles. The van der Waals surface area contributed by atoms with E-state index in [1.807, 2.05) is 0 Å². The Bertz CT molecular complexity index is 804. The van der Waals surface area contributed by atoms with E-state index in [1.165, 1.54) is 27.8 Å². The van der Waals surface area contributed by atoms with Crippen LogP contribution in [0.1, 0.15) is 22.6 Å². The molecule has 0 nitrogen and oxygen atoms in total. The number of halogens is 1. The minimum absolute atomic E-state index is 0.439. The molecule has 0 bridgehead atoms. The van der Waals surface area contributed by atoms with Crippen molar-refractivity contribution in [3.63, 3.8) is 0 Å². The third-order valence-electron chi connectivity index (χ3n) is 4.32. The molecule has 1 unspecified atom stereocenters. The van der Waals surface area contributed by atoms with E-state index in [-0.39, 0.29) is 0 Å². The molecular formula is C20H15Br. The fraction of sp³-hybridized carbons (Fsp3) is 0.100. The van der Waals surface area contributed by atoms with Crippen molar-refractivity contribution < 1.29 is 0 Å². The molecule has 1 aliphatic carbocycles. The first-order chi connectivity index (χ1) is 10.3. The summed E-state index contributed by atoms with van der Waals surface area (Å²) in [5.74, 6) is 0.439. The molecule has 21 heavy (non-hydrogen) atoms. The van der Waals surface area contributed by atoms with Crippen LogP contribution >= 0.6 is 15.9 Å². The van der Waals surface area contributed by atoms with Crippen molar-refractivity contribution in [3.8, 4) is 11.1 Å². The van der Waals surface area contributed by atoms with Crippen LogP contribution < -0.4 is 0 Å². The highest BCUT2D eigenvalue weighted by molar-refractivity contribution is 9.10. The van der Waals surface area contributed by atoms with Crippen molar-refractivity contribution in [1.82, 2.24) is 0 Å². The maximum atomic E-state index is 3.60. The minimum atomic E-state index is 0.439. The molecule has 0 heterocycles. The van der Waals surface area contributed by atoms with E-state index >= 15 is 0 Å². The third kappa shape index (κ3) is 2.22. The maximum Gasteiger partial charge on any atom is 0.0178 e. The number of rotatable bonds is 1. The van der Waals surface area contributed by atoms with E-state index in [0.29, 0.717) is 5.92 Å². The lowest BCUT2D eigenvalue weighted by atomic mass is 9.76. The van der Waals surface area contributed by atoms with Gasteiger partial charge in [-0.2, -0.15) is 0 Å². The first kappa shape index (κ1) is 12.8. The summed E-state index contributed by atoms with van der Waals surface area (Å²) in [5.41, 5.74) is 7.03. The lowest BCUT2D eigenvalue weighted by Gasteiger charge is -2.28. The lowest BCUT2D eigenvalue weighted by Crippen LogP contribution is -2.12. The van der Waals surface area contributed by atoms with Crippen molar-refractivity contribution in [2.45, 2.75) is 12.3 Å². The van der Waals surface area contributed by atoms with Gasteiger partial charge in [-0.1, -0.05) is 76.6 Å². The molecule has 0 saturated carbocycles. The predicted molar refractivity (Wildman–Crippen MR) is 91.6 cm³/mol. The molecule has 0 radical (unpaired) electrons. The summed E-state index contributed by atoms with van der Waals surface area (Å²) >= 11 is 3.60. The topological polar surface area (TPSA) is 0 Å². The maximum absolute atomic E-state index is 3.60. The lowest BCUT2D eigenvalue weighted by molar-refractivity contribution is 0.793. The molecule has 0 fully saturated rings. The highest BCUT2D eigenvalue weighted by Crippen LogP contribution is 2.42. The van der Waals surface area contributed by atoms with Gasteiger partial charge in [0, 0.05) is 10.4 Å². The summed E-state index contributed by atoms with van der Waals surface area (Å²) in [6, 6.07) is 26.3. The number of benzene rings is 3. The van der Waals surface area contributed by atoms with E-state index in [2.05, 4.69) is 88.7 Å². The molecule has 1 atom stereocenters. The van der Waals surface area contributed by atoms with Gasteiger partial charge < -0.3 is 0 Å². The van der Waals surface area contributed by atoms with Crippen molar-refractivity contribution in [2.75, 3.05) is 0 Å². The molecule has 3 aromatic carbocycles. The molecule has 1 aliphatic rings. The summed E-state index contributed by atoms with van der Waals surface area (Å²) in [6.45, 7) is 0. The Kier molecular flexibility index (Phi) is 3.16. The summed E-state index contributed by atoms with van der Waals surface area (Å²) in [7, 11) is 0. The molecule has 4 rings (SSSR count). The van der Waals surface area contributed by atoms with Gasteiger partial charge in [-0.05, 0) is 46.4 Å². The second-order valence-corrected chi connectivity index (χ2v) is 6.47. The molecule has 102 valence electrons. The van der Waals surface area contributed by atoms with Gasteiger partial charge in [0.25, 0.3) is 0 Å². The Hall–Kier alpha value is -1.86. The SMILES string of the molecule is Brc1cccc(C2Cc3ccccc3-c3ccccc32)c1. The highest BCUT2D eigenvalue weighted by Gasteiger charge is 2.25. The van der Waals surface area contributed by atoms with Crippen molar-refractivity contribution in [2.24, 2.45) is 0 Å². The van der Waals surface area contributed by atoms with Gasteiger partial charge in [-0.25, -0.2) is 0 Å². The zero-order chi connectivity index (χ0) is 14.2. The van der Waals surface area contributed by atoms with E-state index in [9.17, 15) is 0 Å². The number of fused-ring (bicyclic) bond motifs is 3. The van der Waals surface area contributed by atoms with Crippen LogP contribution in [0.4, 0.5) is 0 Å². The average Bonchev–Trinajstić information content (AvgIpc) is 2.54. The first-order valence-electron chi connectivity index (χ1n) is 7.25. The van der Waals surface area contributed by atoms with Crippen LogP contribution in [0.25, 0.3) is 11.1 Å². The molecule has 3 aromatic rings. The zero-order valence-corrected chi connectivity index (χ0v) is 13.2. The molecule has 0 N–H and O–H groups in total. The number of hydrogen-bond acceptors (Lipinski definition) is 0. The van der Waals surface area contributed by atoms with Crippen LogP contribution in [0.2, 0.25) is 0 Å². The molecule has 0 aliphatic heterocycles. The van der Waals surface area contributed by atoms with Crippen molar-refractivity contribution in [1.29, 1.82) is 0 Å². The van der Waals surface area contributed by atoms with Crippen LogP contribution in [0.3, 0.4) is 0 Å².